The van der Waals surface area contributed by atoms with E-state index in [1.165, 1.54) is 84.0 Å². The summed E-state index contributed by atoms with van der Waals surface area (Å²) in [6.07, 6.45) is 21.0. The quantitative estimate of drug-likeness (QED) is 0.190. The molecule has 0 aromatic carbocycles. The molecule has 0 aromatic heterocycles. The molecule has 3 nitrogen and oxygen atoms in total. The summed E-state index contributed by atoms with van der Waals surface area (Å²) in [5.41, 5.74) is 0. The number of hydrogen-bond donors (Lipinski definition) is 2. The zero-order valence-corrected chi connectivity index (χ0v) is 16.2. The fourth-order valence-electron chi connectivity index (χ4n) is 2.73. The van der Waals surface area contributed by atoms with E-state index in [4.69, 9.17) is 9.84 Å². The third-order valence-electron chi connectivity index (χ3n) is 4.38. The highest BCUT2D eigenvalue weighted by molar-refractivity contribution is 4.81. The van der Waals surface area contributed by atoms with E-state index in [9.17, 15) is 5.11 Å². The van der Waals surface area contributed by atoms with Crippen LogP contribution in [0.3, 0.4) is 0 Å². The molecule has 0 fully saturated rings. The average molecular weight is 343 g/mol. The monoisotopic (exact) mass is 342 g/mol. The van der Waals surface area contributed by atoms with Crippen molar-refractivity contribution in [2.75, 3.05) is 6.61 Å². The molecule has 3 heteroatoms. The molecule has 0 spiro atoms. The van der Waals surface area contributed by atoms with Crippen LogP contribution in [0.25, 0.3) is 0 Å². The maximum atomic E-state index is 9.26. The van der Waals surface area contributed by atoms with E-state index in [0.29, 0.717) is 6.61 Å². The van der Waals surface area contributed by atoms with Crippen molar-refractivity contribution < 1.29 is 14.9 Å². The SMILES string of the molecule is CCCCCCCCCCCCCC/C=C/CCOC(O)C(C)O. The zero-order valence-electron chi connectivity index (χ0n) is 16.2. The highest BCUT2D eigenvalue weighted by atomic mass is 16.6. The minimum Gasteiger partial charge on any atom is -0.388 e. The molecule has 144 valence electrons. The van der Waals surface area contributed by atoms with Gasteiger partial charge >= 0.3 is 0 Å². The first-order chi connectivity index (χ1) is 11.7. The van der Waals surface area contributed by atoms with Crippen LogP contribution in [0.2, 0.25) is 0 Å². The van der Waals surface area contributed by atoms with Crippen LogP contribution in [0.1, 0.15) is 104 Å². The normalized spacial score (nSPS) is 14.3. The Bertz CT molecular complexity index is 264. The van der Waals surface area contributed by atoms with Crippen LogP contribution in [0, 0.1) is 0 Å². The second kappa shape index (κ2) is 19.0. The number of unbranched alkanes of at least 4 members (excludes halogenated alkanes) is 12. The van der Waals surface area contributed by atoms with E-state index in [2.05, 4.69) is 19.1 Å². The molecule has 2 N–H and O–H groups in total. The number of allylic oxidation sites excluding steroid dienone is 1. The molecule has 24 heavy (non-hydrogen) atoms. The molecule has 0 aliphatic carbocycles. The fraction of sp³-hybridized carbons (Fsp3) is 0.905. The molecule has 2 atom stereocenters. The molecular formula is C21H42O3. The van der Waals surface area contributed by atoms with Gasteiger partial charge in [-0.15, -0.1) is 0 Å². The van der Waals surface area contributed by atoms with Crippen molar-refractivity contribution in [3.63, 3.8) is 0 Å². The highest BCUT2D eigenvalue weighted by Gasteiger charge is 2.09. The summed E-state index contributed by atoms with van der Waals surface area (Å²) < 4.78 is 5.08. The largest absolute Gasteiger partial charge is 0.388 e. The van der Waals surface area contributed by atoms with Crippen LogP contribution in [-0.2, 0) is 4.74 Å². The summed E-state index contributed by atoms with van der Waals surface area (Å²) >= 11 is 0. The van der Waals surface area contributed by atoms with Crippen molar-refractivity contribution in [2.24, 2.45) is 0 Å². The second-order valence-electron chi connectivity index (χ2n) is 6.94. The molecule has 0 rings (SSSR count). The number of rotatable bonds is 18. The molecular weight excluding hydrogens is 300 g/mol. The molecule has 0 bridgehead atoms. The molecule has 0 aliphatic heterocycles. The van der Waals surface area contributed by atoms with Crippen LogP contribution in [0.4, 0.5) is 0 Å². The Morgan fingerprint density at radius 1 is 0.708 bits per heavy atom. The van der Waals surface area contributed by atoms with Gasteiger partial charge in [0.25, 0.3) is 0 Å². The van der Waals surface area contributed by atoms with Crippen molar-refractivity contribution in [1.82, 2.24) is 0 Å². The average Bonchev–Trinajstić information content (AvgIpc) is 2.57. The maximum Gasteiger partial charge on any atom is 0.180 e. The Labute approximate surface area is 150 Å². The molecule has 0 aromatic rings. The van der Waals surface area contributed by atoms with Crippen molar-refractivity contribution in [3.05, 3.63) is 12.2 Å². The Hall–Kier alpha value is -0.380. The van der Waals surface area contributed by atoms with Crippen LogP contribution >= 0.6 is 0 Å². The molecule has 2 unspecified atom stereocenters. The van der Waals surface area contributed by atoms with Gasteiger partial charge in [0.1, 0.15) is 6.10 Å². The zero-order chi connectivity index (χ0) is 17.9. The topological polar surface area (TPSA) is 49.7 Å². The summed E-state index contributed by atoms with van der Waals surface area (Å²) in [6.45, 7) is 4.25. The third-order valence-corrected chi connectivity index (χ3v) is 4.38. The summed E-state index contributed by atoms with van der Waals surface area (Å²) in [5, 5.41) is 18.3. The van der Waals surface area contributed by atoms with Crippen molar-refractivity contribution in [1.29, 1.82) is 0 Å². The van der Waals surface area contributed by atoms with Gasteiger partial charge in [0.05, 0.1) is 6.61 Å². The minimum absolute atomic E-state index is 0.459. The second-order valence-corrected chi connectivity index (χ2v) is 6.94. The Morgan fingerprint density at radius 3 is 1.67 bits per heavy atom. The van der Waals surface area contributed by atoms with Gasteiger partial charge in [0, 0.05) is 0 Å². The van der Waals surface area contributed by atoms with Gasteiger partial charge in [-0.05, 0) is 26.2 Å². The number of hydrogen-bond acceptors (Lipinski definition) is 3. The number of aliphatic hydroxyl groups excluding tert-OH is 2. The first-order valence-corrected chi connectivity index (χ1v) is 10.3. The lowest BCUT2D eigenvalue weighted by Gasteiger charge is -2.13. The van der Waals surface area contributed by atoms with Crippen LogP contribution < -0.4 is 0 Å². The van der Waals surface area contributed by atoms with Crippen molar-refractivity contribution in [3.8, 4) is 0 Å². The van der Waals surface area contributed by atoms with E-state index in [1.807, 2.05) is 0 Å². The summed E-state index contributed by atoms with van der Waals surface area (Å²) in [6, 6.07) is 0. The smallest absolute Gasteiger partial charge is 0.180 e. The van der Waals surface area contributed by atoms with Crippen LogP contribution in [-0.4, -0.2) is 29.2 Å². The Balaban J connectivity index is 3.13. The lowest BCUT2D eigenvalue weighted by atomic mass is 10.0. The fourth-order valence-corrected chi connectivity index (χ4v) is 2.73. The van der Waals surface area contributed by atoms with E-state index in [1.54, 1.807) is 0 Å². The number of aliphatic hydroxyl groups is 2. The first kappa shape index (κ1) is 23.6. The van der Waals surface area contributed by atoms with Gasteiger partial charge in [-0.3, -0.25) is 0 Å². The molecule has 0 saturated carbocycles. The lowest BCUT2D eigenvalue weighted by Crippen LogP contribution is -2.25. The Morgan fingerprint density at radius 2 is 1.17 bits per heavy atom. The lowest BCUT2D eigenvalue weighted by molar-refractivity contribution is -0.154. The van der Waals surface area contributed by atoms with E-state index in [0.717, 1.165) is 12.8 Å². The molecule has 0 amide bonds. The summed E-state index contributed by atoms with van der Waals surface area (Å²) in [5.74, 6) is 0. The standard InChI is InChI=1S/C21H42O3/c1-3-4-5-6-7-8-9-10-11-12-13-14-15-16-17-18-19-24-21(23)20(2)22/h16-17,20-23H,3-15,18-19H2,1-2H3/b17-16+. The van der Waals surface area contributed by atoms with Gasteiger partial charge in [0.15, 0.2) is 6.29 Å². The van der Waals surface area contributed by atoms with Gasteiger partial charge < -0.3 is 14.9 Å². The Kier molecular flexibility index (Phi) is 18.7. The van der Waals surface area contributed by atoms with Crippen molar-refractivity contribution >= 4 is 0 Å². The first-order valence-electron chi connectivity index (χ1n) is 10.3. The molecule has 0 saturated heterocycles. The van der Waals surface area contributed by atoms with Crippen LogP contribution in [0.15, 0.2) is 12.2 Å². The maximum absolute atomic E-state index is 9.26. The van der Waals surface area contributed by atoms with Gasteiger partial charge in [-0.2, -0.15) is 0 Å². The summed E-state index contributed by atoms with van der Waals surface area (Å²) in [4.78, 5) is 0. The predicted octanol–water partition coefficient (Wildman–Crippen LogP) is 5.74. The molecule has 0 heterocycles. The predicted molar refractivity (Wildman–Crippen MR) is 103 cm³/mol. The number of ether oxygens (including phenoxy) is 1. The highest BCUT2D eigenvalue weighted by Crippen LogP contribution is 2.12. The van der Waals surface area contributed by atoms with Gasteiger partial charge in [-0.25, -0.2) is 0 Å². The third kappa shape index (κ3) is 18.0. The van der Waals surface area contributed by atoms with Crippen molar-refractivity contribution in [2.45, 2.75) is 116 Å². The van der Waals surface area contributed by atoms with Gasteiger partial charge in [0.2, 0.25) is 0 Å². The van der Waals surface area contributed by atoms with Gasteiger partial charge in [-0.1, -0.05) is 89.7 Å². The van der Waals surface area contributed by atoms with E-state index in [-0.39, 0.29) is 0 Å². The van der Waals surface area contributed by atoms with Crippen LogP contribution in [0.5, 0.6) is 0 Å². The van der Waals surface area contributed by atoms with E-state index >= 15 is 0 Å². The minimum atomic E-state index is -1.06. The van der Waals surface area contributed by atoms with E-state index < -0.39 is 12.4 Å². The summed E-state index contributed by atoms with van der Waals surface area (Å²) in [7, 11) is 0. The molecule has 0 radical (unpaired) electrons. The molecule has 0 aliphatic rings.